The van der Waals surface area contributed by atoms with E-state index in [1.165, 1.54) is 11.6 Å². The third kappa shape index (κ3) is 1.88. The van der Waals surface area contributed by atoms with Crippen molar-refractivity contribution in [3.8, 4) is 0 Å². The minimum Gasteiger partial charge on any atom is -0.324 e. The molecule has 0 saturated carbocycles. The van der Waals surface area contributed by atoms with Crippen molar-refractivity contribution in [2.45, 2.75) is 13.0 Å². The highest BCUT2D eigenvalue weighted by Crippen LogP contribution is 2.08. The van der Waals surface area contributed by atoms with Crippen LogP contribution < -0.4 is 11.2 Å². The second-order valence-corrected chi connectivity index (χ2v) is 5.26. The van der Waals surface area contributed by atoms with Crippen LogP contribution in [0, 0.1) is 0 Å². The summed E-state index contributed by atoms with van der Waals surface area (Å²) in [6.07, 6.45) is 2.32. The molecule has 0 aliphatic rings. The first kappa shape index (κ1) is 12.8. The number of imidazole rings is 1. The van der Waals surface area contributed by atoms with Gasteiger partial charge in [0.25, 0.3) is 5.56 Å². The molecular formula is C12H13N5O2S. The first-order chi connectivity index (χ1) is 9.59. The van der Waals surface area contributed by atoms with E-state index in [-0.39, 0.29) is 11.2 Å². The number of thiazole rings is 1. The third-order valence-corrected chi connectivity index (χ3v) is 3.94. The summed E-state index contributed by atoms with van der Waals surface area (Å²) in [7, 11) is 3.09. The minimum atomic E-state index is -0.368. The molecule has 104 valence electrons. The highest BCUT2D eigenvalue weighted by molar-refractivity contribution is 7.07. The van der Waals surface area contributed by atoms with Crippen LogP contribution in [0.5, 0.6) is 0 Å². The number of hydrogen-bond acceptors (Lipinski definition) is 5. The summed E-state index contributed by atoms with van der Waals surface area (Å²) >= 11 is 1.54. The van der Waals surface area contributed by atoms with Crippen LogP contribution >= 0.6 is 11.3 Å². The molecule has 20 heavy (non-hydrogen) atoms. The van der Waals surface area contributed by atoms with E-state index < -0.39 is 0 Å². The van der Waals surface area contributed by atoms with E-state index in [0.29, 0.717) is 17.7 Å². The van der Waals surface area contributed by atoms with E-state index in [0.717, 1.165) is 16.7 Å². The van der Waals surface area contributed by atoms with Crippen molar-refractivity contribution in [3.63, 3.8) is 0 Å². The van der Waals surface area contributed by atoms with Crippen molar-refractivity contribution in [2.75, 3.05) is 0 Å². The molecule has 3 aromatic heterocycles. The Morgan fingerprint density at radius 3 is 2.70 bits per heavy atom. The van der Waals surface area contributed by atoms with Crippen LogP contribution in [-0.4, -0.2) is 23.7 Å². The fourth-order valence-corrected chi connectivity index (χ4v) is 2.76. The van der Waals surface area contributed by atoms with Crippen LogP contribution in [0.3, 0.4) is 0 Å². The molecule has 0 spiro atoms. The lowest BCUT2D eigenvalue weighted by Gasteiger charge is -2.05. The van der Waals surface area contributed by atoms with Crippen molar-refractivity contribution in [2.24, 2.45) is 14.1 Å². The maximum absolute atomic E-state index is 12.2. The molecule has 3 rings (SSSR count). The zero-order valence-corrected chi connectivity index (χ0v) is 11.9. The molecule has 0 radical (unpaired) electrons. The Kier molecular flexibility index (Phi) is 3.01. The Bertz CT molecular complexity index is 872. The molecule has 0 N–H and O–H groups in total. The highest BCUT2D eigenvalue weighted by Gasteiger charge is 2.14. The summed E-state index contributed by atoms with van der Waals surface area (Å²) in [6.45, 7) is 0.605. The first-order valence-electron chi connectivity index (χ1n) is 6.07. The van der Waals surface area contributed by atoms with Gasteiger partial charge in [0, 0.05) is 32.4 Å². The van der Waals surface area contributed by atoms with Gasteiger partial charge in [-0.15, -0.1) is 11.3 Å². The minimum absolute atomic E-state index is 0.320. The molecule has 3 aromatic rings. The van der Waals surface area contributed by atoms with Gasteiger partial charge >= 0.3 is 5.69 Å². The molecule has 7 nitrogen and oxygen atoms in total. The van der Waals surface area contributed by atoms with Crippen molar-refractivity contribution >= 4 is 22.5 Å². The monoisotopic (exact) mass is 291 g/mol. The van der Waals surface area contributed by atoms with E-state index >= 15 is 0 Å². The Balaban J connectivity index is 2.09. The zero-order chi connectivity index (χ0) is 14.3. The molecule has 0 amide bonds. The SMILES string of the molecule is Cn1c(=O)c2c(ncn2CCc2cscn2)n(C)c1=O. The van der Waals surface area contributed by atoms with E-state index in [4.69, 9.17) is 0 Å². The van der Waals surface area contributed by atoms with Crippen molar-refractivity contribution in [1.29, 1.82) is 0 Å². The first-order valence-corrected chi connectivity index (χ1v) is 7.02. The summed E-state index contributed by atoms with van der Waals surface area (Å²) < 4.78 is 4.26. The lowest BCUT2D eigenvalue weighted by Crippen LogP contribution is -2.37. The third-order valence-electron chi connectivity index (χ3n) is 3.31. The van der Waals surface area contributed by atoms with Gasteiger partial charge < -0.3 is 4.57 Å². The van der Waals surface area contributed by atoms with Gasteiger partial charge in [-0.1, -0.05) is 0 Å². The van der Waals surface area contributed by atoms with Gasteiger partial charge in [0.2, 0.25) is 0 Å². The van der Waals surface area contributed by atoms with Gasteiger partial charge in [0.1, 0.15) is 0 Å². The average Bonchev–Trinajstić information content (AvgIpc) is 3.09. The molecule has 0 bridgehead atoms. The molecule has 8 heteroatoms. The van der Waals surface area contributed by atoms with Gasteiger partial charge in [-0.2, -0.15) is 0 Å². The fourth-order valence-electron chi connectivity index (χ4n) is 2.16. The Morgan fingerprint density at radius 2 is 2.00 bits per heavy atom. The van der Waals surface area contributed by atoms with Gasteiger partial charge in [-0.3, -0.25) is 13.9 Å². The normalized spacial score (nSPS) is 11.3. The van der Waals surface area contributed by atoms with Crippen molar-refractivity contribution in [1.82, 2.24) is 23.7 Å². The van der Waals surface area contributed by atoms with Gasteiger partial charge in [-0.05, 0) is 0 Å². The predicted octanol–water partition coefficient (Wildman–Crippen LogP) is 0.133. The zero-order valence-electron chi connectivity index (χ0n) is 11.1. The van der Waals surface area contributed by atoms with Crippen LogP contribution in [-0.2, 0) is 27.1 Å². The van der Waals surface area contributed by atoms with E-state index in [9.17, 15) is 9.59 Å². The quantitative estimate of drug-likeness (QED) is 0.687. The van der Waals surface area contributed by atoms with E-state index in [1.54, 1.807) is 34.8 Å². The smallest absolute Gasteiger partial charge is 0.324 e. The second-order valence-electron chi connectivity index (χ2n) is 4.55. The molecule has 0 atom stereocenters. The Morgan fingerprint density at radius 1 is 1.20 bits per heavy atom. The maximum Gasteiger partial charge on any atom is 0.332 e. The molecular weight excluding hydrogens is 278 g/mol. The number of rotatable bonds is 3. The standard InChI is InChI=1S/C12H13N5O2S/c1-15-10-9(11(18)16(2)12(15)19)17(6-13-10)4-3-8-5-20-7-14-8/h5-7H,3-4H2,1-2H3. The predicted molar refractivity (Wildman–Crippen MR) is 76.0 cm³/mol. The largest absolute Gasteiger partial charge is 0.332 e. The molecule has 0 aliphatic heterocycles. The topological polar surface area (TPSA) is 74.7 Å². The number of aromatic nitrogens is 5. The van der Waals surface area contributed by atoms with Crippen LogP contribution in [0.1, 0.15) is 5.69 Å². The van der Waals surface area contributed by atoms with Crippen LogP contribution in [0.25, 0.3) is 11.2 Å². The summed E-state index contributed by atoms with van der Waals surface area (Å²) in [5.41, 5.74) is 2.94. The number of hydrogen-bond donors (Lipinski definition) is 0. The molecule has 0 unspecified atom stereocenters. The molecule has 0 saturated heterocycles. The van der Waals surface area contributed by atoms with Crippen molar-refractivity contribution in [3.05, 3.63) is 43.7 Å². The summed E-state index contributed by atoms with van der Waals surface area (Å²) in [5, 5.41) is 1.98. The van der Waals surface area contributed by atoms with Gasteiger partial charge in [0.15, 0.2) is 11.2 Å². The van der Waals surface area contributed by atoms with Gasteiger partial charge in [0.05, 0.1) is 17.5 Å². The highest BCUT2D eigenvalue weighted by atomic mass is 32.1. The fraction of sp³-hybridized carbons (Fsp3) is 0.333. The van der Waals surface area contributed by atoms with Crippen molar-refractivity contribution < 1.29 is 0 Å². The van der Waals surface area contributed by atoms with Crippen LogP contribution in [0.15, 0.2) is 26.8 Å². The van der Waals surface area contributed by atoms with E-state index in [2.05, 4.69) is 9.97 Å². The number of fused-ring (bicyclic) bond motifs is 1. The lowest BCUT2D eigenvalue weighted by atomic mass is 10.3. The molecule has 3 heterocycles. The molecule has 0 aliphatic carbocycles. The van der Waals surface area contributed by atoms with E-state index in [1.807, 2.05) is 5.38 Å². The average molecular weight is 291 g/mol. The summed E-state index contributed by atoms with van der Waals surface area (Å²) in [6, 6.07) is 0. The molecule has 0 fully saturated rings. The lowest BCUT2D eigenvalue weighted by molar-refractivity contribution is 0.681. The number of nitrogens with zero attached hydrogens (tertiary/aromatic N) is 5. The number of aryl methyl sites for hydroxylation is 3. The summed E-state index contributed by atoms with van der Waals surface area (Å²) in [4.78, 5) is 32.4. The molecule has 0 aromatic carbocycles. The van der Waals surface area contributed by atoms with Gasteiger partial charge in [-0.25, -0.2) is 14.8 Å². The Labute approximate surface area is 117 Å². The maximum atomic E-state index is 12.2. The Hall–Kier alpha value is -2.22. The second kappa shape index (κ2) is 4.71. The van der Waals surface area contributed by atoms with Crippen LogP contribution in [0.4, 0.5) is 0 Å². The van der Waals surface area contributed by atoms with Crippen LogP contribution in [0.2, 0.25) is 0 Å². The summed E-state index contributed by atoms with van der Waals surface area (Å²) in [5.74, 6) is 0.